The maximum atomic E-state index is 13.6. The van der Waals surface area contributed by atoms with E-state index in [0.717, 1.165) is 22.8 Å². The third-order valence-electron chi connectivity index (χ3n) is 3.34. The number of rotatable bonds is 4. The molecule has 0 amide bonds. The van der Waals surface area contributed by atoms with E-state index < -0.39 is 23.2 Å². The molecule has 21 heavy (non-hydrogen) atoms. The van der Waals surface area contributed by atoms with Gasteiger partial charge in [0, 0.05) is 12.6 Å². The van der Waals surface area contributed by atoms with E-state index in [2.05, 4.69) is 5.32 Å². The van der Waals surface area contributed by atoms with E-state index in [9.17, 15) is 13.6 Å². The molecule has 0 aliphatic heterocycles. The summed E-state index contributed by atoms with van der Waals surface area (Å²) < 4.78 is 26.9. The summed E-state index contributed by atoms with van der Waals surface area (Å²) in [7, 11) is 0. The van der Waals surface area contributed by atoms with Crippen molar-refractivity contribution in [3.8, 4) is 0 Å². The van der Waals surface area contributed by atoms with Crippen molar-refractivity contribution in [1.29, 1.82) is 0 Å². The van der Waals surface area contributed by atoms with Crippen molar-refractivity contribution in [2.24, 2.45) is 0 Å². The molecular formula is C16H15F2NO2. The Balaban J connectivity index is 2.21. The number of anilines is 1. The van der Waals surface area contributed by atoms with Gasteiger partial charge in [0.25, 0.3) is 0 Å². The van der Waals surface area contributed by atoms with E-state index in [1.165, 1.54) is 0 Å². The molecule has 0 aliphatic carbocycles. The highest BCUT2D eigenvalue weighted by molar-refractivity contribution is 5.89. The smallest absolute Gasteiger partial charge is 0.338 e. The second-order valence-electron chi connectivity index (χ2n) is 4.89. The lowest BCUT2D eigenvalue weighted by Crippen LogP contribution is -2.07. The highest BCUT2D eigenvalue weighted by atomic mass is 19.1. The standard InChI is InChI=1S/C16H15F2NO2/c1-9-3-4-11(5-10(9)2)8-19-15-6-12(16(20)21)13(17)7-14(15)18/h3-7,19H,8H2,1-2H3,(H,20,21). The Kier molecular flexibility index (Phi) is 4.21. The van der Waals surface area contributed by atoms with Crippen molar-refractivity contribution in [3.05, 3.63) is 64.2 Å². The van der Waals surface area contributed by atoms with Crippen molar-refractivity contribution in [2.75, 3.05) is 5.32 Å². The normalized spacial score (nSPS) is 10.5. The van der Waals surface area contributed by atoms with Crippen molar-refractivity contribution < 1.29 is 18.7 Å². The van der Waals surface area contributed by atoms with Crippen molar-refractivity contribution in [1.82, 2.24) is 0 Å². The van der Waals surface area contributed by atoms with E-state index in [-0.39, 0.29) is 5.69 Å². The topological polar surface area (TPSA) is 49.3 Å². The second kappa shape index (κ2) is 5.91. The minimum absolute atomic E-state index is 0.0352. The summed E-state index contributed by atoms with van der Waals surface area (Å²) in [5.74, 6) is -3.33. The first-order valence-corrected chi connectivity index (χ1v) is 6.41. The first-order chi connectivity index (χ1) is 9.88. The van der Waals surface area contributed by atoms with Crippen molar-refractivity contribution in [2.45, 2.75) is 20.4 Å². The lowest BCUT2D eigenvalue weighted by Gasteiger charge is -2.10. The Bertz CT molecular complexity index is 699. The van der Waals surface area contributed by atoms with Crippen LogP contribution in [0.15, 0.2) is 30.3 Å². The molecule has 2 N–H and O–H groups in total. The molecule has 0 fully saturated rings. The number of benzene rings is 2. The average Bonchev–Trinajstić information content (AvgIpc) is 2.41. The van der Waals surface area contributed by atoms with Crippen molar-refractivity contribution >= 4 is 11.7 Å². The molecular weight excluding hydrogens is 276 g/mol. The molecule has 0 atom stereocenters. The second-order valence-corrected chi connectivity index (χ2v) is 4.89. The van der Waals surface area contributed by atoms with Crippen LogP contribution in [0.1, 0.15) is 27.0 Å². The Hall–Kier alpha value is -2.43. The number of nitrogens with one attached hydrogen (secondary N) is 1. The number of hydrogen-bond donors (Lipinski definition) is 2. The van der Waals surface area contributed by atoms with Gasteiger partial charge < -0.3 is 10.4 Å². The summed E-state index contributed by atoms with van der Waals surface area (Å²) in [6.45, 7) is 4.29. The maximum absolute atomic E-state index is 13.6. The molecule has 0 unspecified atom stereocenters. The zero-order chi connectivity index (χ0) is 15.6. The van der Waals surface area contributed by atoms with E-state index in [1.54, 1.807) is 0 Å². The highest BCUT2D eigenvalue weighted by Gasteiger charge is 2.15. The van der Waals surface area contributed by atoms with Crippen LogP contribution >= 0.6 is 0 Å². The van der Waals surface area contributed by atoms with E-state index in [1.807, 2.05) is 32.0 Å². The maximum Gasteiger partial charge on any atom is 0.338 e. The minimum atomic E-state index is -1.43. The predicted molar refractivity (Wildman–Crippen MR) is 76.6 cm³/mol. The summed E-state index contributed by atoms with van der Waals surface area (Å²) in [6, 6.07) is 7.35. The van der Waals surface area contributed by atoms with Gasteiger partial charge in [-0.1, -0.05) is 18.2 Å². The van der Waals surface area contributed by atoms with Gasteiger partial charge in [0.05, 0.1) is 11.3 Å². The van der Waals surface area contributed by atoms with Gasteiger partial charge in [-0.25, -0.2) is 13.6 Å². The highest BCUT2D eigenvalue weighted by Crippen LogP contribution is 2.21. The molecule has 0 radical (unpaired) electrons. The van der Waals surface area contributed by atoms with Gasteiger partial charge in [-0.15, -0.1) is 0 Å². The zero-order valence-corrected chi connectivity index (χ0v) is 11.7. The number of aromatic carboxylic acids is 1. The number of carboxylic acid groups (broad SMARTS) is 1. The number of hydrogen-bond acceptors (Lipinski definition) is 2. The van der Waals surface area contributed by atoms with Crippen LogP contribution in [0.2, 0.25) is 0 Å². The van der Waals surface area contributed by atoms with Gasteiger partial charge in [0.2, 0.25) is 0 Å². The third-order valence-corrected chi connectivity index (χ3v) is 3.34. The Morgan fingerprint density at radius 3 is 2.43 bits per heavy atom. The largest absolute Gasteiger partial charge is 0.478 e. The Labute approximate surface area is 121 Å². The predicted octanol–water partition coefficient (Wildman–Crippen LogP) is 3.89. The van der Waals surface area contributed by atoms with Gasteiger partial charge >= 0.3 is 5.97 Å². The van der Waals surface area contributed by atoms with Gasteiger partial charge in [0.15, 0.2) is 0 Å². The molecule has 0 saturated carbocycles. The van der Waals surface area contributed by atoms with Crippen LogP contribution in [0.3, 0.4) is 0 Å². The van der Waals surface area contributed by atoms with Gasteiger partial charge in [-0.05, 0) is 36.6 Å². The number of aryl methyl sites for hydroxylation is 2. The third kappa shape index (κ3) is 3.37. The summed E-state index contributed by atoms with van der Waals surface area (Å²) in [5.41, 5.74) is 2.60. The van der Waals surface area contributed by atoms with Crippen LogP contribution in [0.4, 0.5) is 14.5 Å². The Morgan fingerprint density at radius 2 is 1.81 bits per heavy atom. The van der Waals surface area contributed by atoms with E-state index in [4.69, 9.17) is 5.11 Å². The van der Waals surface area contributed by atoms with Crippen LogP contribution < -0.4 is 5.32 Å². The molecule has 0 aliphatic rings. The SMILES string of the molecule is Cc1ccc(CNc2cc(C(=O)O)c(F)cc2F)cc1C. The van der Waals surface area contributed by atoms with Gasteiger partial charge in [-0.2, -0.15) is 0 Å². The van der Waals surface area contributed by atoms with Crippen LogP contribution in [-0.2, 0) is 6.54 Å². The quantitative estimate of drug-likeness (QED) is 0.898. The zero-order valence-electron chi connectivity index (χ0n) is 11.7. The van der Waals surface area contributed by atoms with Crippen LogP contribution in [0.5, 0.6) is 0 Å². The van der Waals surface area contributed by atoms with E-state index >= 15 is 0 Å². The number of carboxylic acids is 1. The first kappa shape index (κ1) is 15.0. The fraction of sp³-hybridized carbons (Fsp3) is 0.188. The summed E-state index contributed by atoms with van der Waals surface area (Å²) >= 11 is 0. The molecule has 2 aromatic rings. The van der Waals surface area contributed by atoms with E-state index in [0.29, 0.717) is 12.6 Å². The Morgan fingerprint density at radius 1 is 1.10 bits per heavy atom. The monoisotopic (exact) mass is 291 g/mol. The average molecular weight is 291 g/mol. The first-order valence-electron chi connectivity index (χ1n) is 6.41. The fourth-order valence-corrected chi connectivity index (χ4v) is 1.96. The molecule has 2 aromatic carbocycles. The van der Waals surface area contributed by atoms with Crippen LogP contribution in [0, 0.1) is 25.5 Å². The molecule has 3 nitrogen and oxygen atoms in total. The summed E-state index contributed by atoms with van der Waals surface area (Å²) in [5, 5.41) is 11.6. The molecule has 0 aromatic heterocycles. The molecule has 2 rings (SSSR count). The number of carbonyl (C=O) groups is 1. The fourth-order valence-electron chi connectivity index (χ4n) is 1.96. The molecule has 0 heterocycles. The molecule has 0 spiro atoms. The van der Waals surface area contributed by atoms with Gasteiger partial charge in [0.1, 0.15) is 11.6 Å². The van der Waals surface area contributed by atoms with Crippen LogP contribution in [0.25, 0.3) is 0 Å². The molecule has 5 heteroatoms. The summed E-state index contributed by atoms with van der Waals surface area (Å²) in [6.07, 6.45) is 0. The summed E-state index contributed by atoms with van der Waals surface area (Å²) in [4.78, 5) is 10.9. The lowest BCUT2D eigenvalue weighted by molar-refractivity contribution is 0.0692. The van der Waals surface area contributed by atoms with Crippen LogP contribution in [-0.4, -0.2) is 11.1 Å². The van der Waals surface area contributed by atoms with Gasteiger partial charge in [-0.3, -0.25) is 0 Å². The molecule has 110 valence electrons. The lowest BCUT2D eigenvalue weighted by atomic mass is 10.1. The minimum Gasteiger partial charge on any atom is -0.478 e. The number of halogens is 2. The van der Waals surface area contributed by atoms with Crippen molar-refractivity contribution in [3.63, 3.8) is 0 Å². The molecule has 0 saturated heterocycles. The molecule has 0 bridgehead atoms.